The summed E-state index contributed by atoms with van der Waals surface area (Å²) in [6.07, 6.45) is 0. The lowest BCUT2D eigenvalue weighted by atomic mass is 10.1. The number of amides is 1. The lowest BCUT2D eigenvalue weighted by Crippen LogP contribution is -2.25. The summed E-state index contributed by atoms with van der Waals surface area (Å²) in [6.45, 7) is 5.36. The van der Waals surface area contributed by atoms with Crippen LogP contribution >= 0.6 is 0 Å². The van der Waals surface area contributed by atoms with E-state index in [0.717, 1.165) is 0 Å². The summed E-state index contributed by atoms with van der Waals surface area (Å²) in [7, 11) is 1.59. The van der Waals surface area contributed by atoms with Crippen LogP contribution in [-0.2, 0) is 4.74 Å². The van der Waals surface area contributed by atoms with Crippen LogP contribution in [0.5, 0.6) is 17.2 Å². The van der Waals surface area contributed by atoms with Crippen LogP contribution in [0.3, 0.4) is 0 Å². The first-order valence-electron chi connectivity index (χ1n) is 9.81. The lowest BCUT2D eigenvalue weighted by molar-refractivity contribution is 0.00708. The van der Waals surface area contributed by atoms with Crippen molar-refractivity contribution in [3.63, 3.8) is 0 Å². The average Bonchev–Trinajstić information content (AvgIpc) is 2.74. The number of carbonyl (C=O) groups is 2. The van der Waals surface area contributed by atoms with E-state index in [0.29, 0.717) is 28.5 Å². The molecule has 31 heavy (non-hydrogen) atoms. The largest absolute Gasteiger partial charge is 0.497 e. The quantitative estimate of drug-likeness (QED) is 0.519. The molecular weight excluding hydrogens is 394 g/mol. The highest BCUT2D eigenvalue weighted by Crippen LogP contribution is 2.29. The summed E-state index contributed by atoms with van der Waals surface area (Å²) >= 11 is 0. The molecule has 0 saturated carbocycles. The number of rotatable bonds is 6. The number of hydrogen-bond donors (Lipinski definition) is 1. The van der Waals surface area contributed by atoms with Gasteiger partial charge in [-0.1, -0.05) is 18.2 Å². The standard InChI is InChI=1S/C25H25NO5/c1-25(2,3)31-24(28)21-15-14-20(30-19-12-10-18(29-4)11-13-19)16-22(21)26-23(27)17-8-6-5-7-9-17/h5-16H,1-4H3,(H,26,27). The molecule has 0 saturated heterocycles. The van der Waals surface area contributed by atoms with Crippen LogP contribution in [0.15, 0.2) is 72.8 Å². The number of anilines is 1. The van der Waals surface area contributed by atoms with Gasteiger partial charge in [0.05, 0.1) is 18.4 Å². The van der Waals surface area contributed by atoms with Gasteiger partial charge in [0.25, 0.3) is 5.91 Å². The van der Waals surface area contributed by atoms with Gasteiger partial charge in [0, 0.05) is 11.6 Å². The van der Waals surface area contributed by atoms with E-state index in [1.807, 2.05) is 6.07 Å². The fourth-order valence-electron chi connectivity index (χ4n) is 2.77. The predicted octanol–water partition coefficient (Wildman–Crippen LogP) is 5.70. The van der Waals surface area contributed by atoms with Crippen molar-refractivity contribution >= 4 is 17.6 Å². The fourth-order valence-corrected chi connectivity index (χ4v) is 2.77. The van der Waals surface area contributed by atoms with E-state index in [9.17, 15) is 9.59 Å². The zero-order valence-electron chi connectivity index (χ0n) is 18.0. The molecule has 3 aromatic carbocycles. The second-order valence-electron chi connectivity index (χ2n) is 7.81. The Morgan fingerprint density at radius 2 is 1.42 bits per heavy atom. The monoisotopic (exact) mass is 419 g/mol. The lowest BCUT2D eigenvalue weighted by Gasteiger charge is -2.21. The third kappa shape index (κ3) is 6.09. The molecule has 0 radical (unpaired) electrons. The zero-order valence-corrected chi connectivity index (χ0v) is 18.0. The van der Waals surface area contributed by atoms with Crippen molar-refractivity contribution in [1.29, 1.82) is 0 Å². The molecule has 0 fully saturated rings. The molecule has 0 aliphatic rings. The molecular formula is C25H25NO5. The van der Waals surface area contributed by atoms with E-state index in [-0.39, 0.29) is 11.5 Å². The number of carbonyl (C=O) groups excluding carboxylic acids is 2. The molecule has 0 unspecified atom stereocenters. The Kier molecular flexibility index (Phi) is 6.60. The maximum atomic E-state index is 12.7. The molecule has 0 heterocycles. The van der Waals surface area contributed by atoms with E-state index in [4.69, 9.17) is 14.2 Å². The van der Waals surface area contributed by atoms with Crippen LogP contribution in [0, 0.1) is 0 Å². The Bertz CT molecular complexity index is 1050. The first kappa shape index (κ1) is 21.9. The van der Waals surface area contributed by atoms with E-state index in [2.05, 4.69) is 5.32 Å². The average molecular weight is 419 g/mol. The van der Waals surface area contributed by atoms with Crippen molar-refractivity contribution < 1.29 is 23.8 Å². The molecule has 0 aliphatic heterocycles. The minimum atomic E-state index is -0.671. The molecule has 1 amide bonds. The van der Waals surface area contributed by atoms with Gasteiger partial charge in [0.2, 0.25) is 0 Å². The molecule has 0 aromatic heterocycles. The Morgan fingerprint density at radius 3 is 2.03 bits per heavy atom. The topological polar surface area (TPSA) is 73.9 Å². The third-order valence-electron chi connectivity index (χ3n) is 4.19. The number of hydrogen-bond acceptors (Lipinski definition) is 5. The summed E-state index contributed by atoms with van der Waals surface area (Å²) in [5.74, 6) is 0.884. The Balaban J connectivity index is 1.91. The zero-order chi connectivity index (χ0) is 22.4. The second-order valence-corrected chi connectivity index (χ2v) is 7.81. The summed E-state index contributed by atoms with van der Waals surface area (Å²) in [5, 5.41) is 2.80. The van der Waals surface area contributed by atoms with Gasteiger partial charge in [-0.2, -0.15) is 0 Å². The molecule has 1 N–H and O–H groups in total. The molecule has 0 atom stereocenters. The molecule has 6 heteroatoms. The minimum Gasteiger partial charge on any atom is -0.497 e. The number of methoxy groups -OCH3 is 1. The maximum Gasteiger partial charge on any atom is 0.340 e. The molecule has 0 spiro atoms. The molecule has 0 bridgehead atoms. The van der Waals surface area contributed by atoms with Crippen molar-refractivity contribution in [3.05, 3.63) is 83.9 Å². The van der Waals surface area contributed by atoms with E-state index in [1.54, 1.807) is 94.6 Å². The summed E-state index contributed by atoms with van der Waals surface area (Å²) in [4.78, 5) is 25.4. The van der Waals surface area contributed by atoms with Gasteiger partial charge in [0.15, 0.2) is 0 Å². The second kappa shape index (κ2) is 9.34. The smallest absolute Gasteiger partial charge is 0.340 e. The SMILES string of the molecule is COc1ccc(Oc2ccc(C(=O)OC(C)(C)C)c(NC(=O)c3ccccc3)c2)cc1. The van der Waals surface area contributed by atoms with Crippen LogP contribution < -0.4 is 14.8 Å². The number of benzene rings is 3. The Hall–Kier alpha value is -3.80. The van der Waals surface area contributed by atoms with Crippen LogP contribution in [0.4, 0.5) is 5.69 Å². The number of esters is 1. The fraction of sp³-hybridized carbons (Fsp3) is 0.200. The van der Waals surface area contributed by atoms with Gasteiger partial charge < -0.3 is 19.5 Å². The number of ether oxygens (including phenoxy) is 3. The van der Waals surface area contributed by atoms with Crippen molar-refractivity contribution in [2.75, 3.05) is 12.4 Å². The molecule has 3 aromatic rings. The molecule has 160 valence electrons. The summed E-state index contributed by atoms with van der Waals surface area (Å²) in [5.41, 5.74) is 0.338. The molecule has 0 aliphatic carbocycles. The summed E-state index contributed by atoms with van der Waals surface area (Å²) in [6, 6.07) is 20.7. The highest BCUT2D eigenvalue weighted by atomic mass is 16.6. The van der Waals surface area contributed by atoms with Gasteiger partial charge in [-0.15, -0.1) is 0 Å². The predicted molar refractivity (Wildman–Crippen MR) is 119 cm³/mol. The number of nitrogens with one attached hydrogen (secondary N) is 1. The Morgan fingerprint density at radius 1 is 0.806 bits per heavy atom. The van der Waals surface area contributed by atoms with Crippen molar-refractivity contribution in [2.45, 2.75) is 26.4 Å². The van der Waals surface area contributed by atoms with Gasteiger partial charge in [-0.25, -0.2) is 4.79 Å². The van der Waals surface area contributed by atoms with Crippen LogP contribution in [0.1, 0.15) is 41.5 Å². The van der Waals surface area contributed by atoms with Crippen molar-refractivity contribution in [3.8, 4) is 17.2 Å². The van der Waals surface area contributed by atoms with Gasteiger partial charge in [0.1, 0.15) is 22.8 Å². The first-order chi connectivity index (χ1) is 14.7. The van der Waals surface area contributed by atoms with Crippen LogP contribution in [0.2, 0.25) is 0 Å². The highest BCUT2D eigenvalue weighted by molar-refractivity contribution is 6.08. The molecule has 3 rings (SSSR count). The van der Waals surface area contributed by atoms with Crippen molar-refractivity contribution in [1.82, 2.24) is 0 Å². The van der Waals surface area contributed by atoms with Crippen LogP contribution in [0.25, 0.3) is 0 Å². The van der Waals surface area contributed by atoms with Gasteiger partial charge in [-0.3, -0.25) is 4.79 Å². The van der Waals surface area contributed by atoms with E-state index in [1.165, 1.54) is 0 Å². The maximum absolute atomic E-state index is 12.7. The van der Waals surface area contributed by atoms with Gasteiger partial charge >= 0.3 is 5.97 Å². The van der Waals surface area contributed by atoms with E-state index >= 15 is 0 Å². The normalized spacial score (nSPS) is 10.8. The Labute approximate surface area is 181 Å². The van der Waals surface area contributed by atoms with Gasteiger partial charge in [-0.05, 0) is 69.3 Å². The minimum absolute atomic E-state index is 0.237. The van der Waals surface area contributed by atoms with Crippen molar-refractivity contribution in [2.24, 2.45) is 0 Å². The third-order valence-corrected chi connectivity index (χ3v) is 4.19. The first-order valence-corrected chi connectivity index (χ1v) is 9.81. The highest BCUT2D eigenvalue weighted by Gasteiger charge is 2.22. The molecule has 6 nitrogen and oxygen atoms in total. The van der Waals surface area contributed by atoms with E-state index < -0.39 is 11.6 Å². The summed E-state index contributed by atoms with van der Waals surface area (Å²) < 4.78 is 16.5. The van der Waals surface area contributed by atoms with Crippen LogP contribution in [-0.4, -0.2) is 24.6 Å².